The van der Waals surface area contributed by atoms with Crippen molar-refractivity contribution in [2.75, 3.05) is 26.2 Å². The van der Waals surface area contributed by atoms with Gasteiger partial charge in [0.2, 0.25) is 5.89 Å². The van der Waals surface area contributed by atoms with Crippen LogP contribution in [-0.2, 0) is 12.8 Å². The summed E-state index contributed by atoms with van der Waals surface area (Å²) >= 11 is 0. The van der Waals surface area contributed by atoms with E-state index in [0.717, 1.165) is 31.5 Å². The van der Waals surface area contributed by atoms with Crippen molar-refractivity contribution >= 4 is 5.96 Å². The molecule has 1 aromatic carbocycles. The third-order valence-electron chi connectivity index (χ3n) is 4.77. The molecule has 2 heterocycles. The summed E-state index contributed by atoms with van der Waals surface area (Å²) in [7, 11) is 0. The van der Waals surface area contributed by atoms with Crippen molar-refractivity contribution in [3.63, 3.8) is 0 Å². The Bertz CT molecular complexity index is 689. The summed E-state index contributed by atoms with van der Waals surface area (Å²) in [5.41, 5.74) is 1.45. The zero-order chi connectivity index (χ0) is 18.2. The largest absolute Gasteiger partial charge is 0.357 e. The van der Waals surface area contributed by atoms with Gasteiger partial charge in [-0.15, -0.1) is 0 Å². The number of aryl methyl sites for hydroxylation is 1. The Morgan fingerprint density at radius 3 is 2.69 bits per heavy atom. The van der Waals surface area contributed by atoms with E-state index in [2.05, 4.69) is 57.6 Å². The smallest absolute Gasteiger partial charge is 0.228 e. The molecule has 2 aromatic rings. The number of nitrogens with zero attached hydrogens (tertiary/aromatic N) is 4. The Labute approximate surface area is 155 Å². The topological polar surface area (TPSA) is 66.5 Å². The van der Waals surface area contributed by atoms with Crippen LogP contribution in [0.15, 0.2) is 39.8 Å². The summed E-state index contributed by atoms with van der Waals surface area (Å²) in [5.74, 6) is 3.10. The second-order valence-electron chi connectivity index (χ2n) is 6.84. The first-order valence-corrected chi connectivity index (χ1v) is 9.61. The van der Waals surface area contributed by atoms with Gasteiger partial charge in [0.15, 0.2) is 11.8 Å². The van der Waals surface area contributed by atoms with E-state index in [-0.39, 0.29) is 0 Å². The van der Waals surface area contributed by atoms with Crippen LogP contribution in [0.25, 0.3) is 0 Å². The molecule has 3 rings (SSSR count). The maximum absolute atomic E-state index is 5.16. The summed E-state index contributed by atoms with van der Waals surface area (Å²) in [6.07, 6.45) is 4.28. The molecular formula is C20H29N5O. The average molecular weight is 355 g/mol. The lowest BCUT2D eigenvalue weighted by Crippen LogP contribution is -2.46. The highest BCUT2D eigenvalue weighted by Gasteiger charge is 2.21. The minimum atomic E-state index is 0.656. The zero-order valence-corrected chi connectivity index (χ0v) is 15.8. The van der Waals surface area contributed by atoms with Crippen molar-refractivity contribution in [3.05, 3.63) is 47.6 Å². The number of nitrogens with one attached hydrogen (secondary N) is 1. The quantitative estimate of drug-likeness (QED) is 0.637. The Kier molecular flexibility index (Phi) is 6.63. The molecule has 0 spiro atoms. The van der Waals surface area contributed by atoms with E-state index < -0.39 is 0 Å². The van der Waals surface area contributed by atoms with E-state index in [1.165, 1.54) is 24.8 Å². The number of likely N-dealkylation sites (tertiary alicyclic amines) is 1. The standard InChI is InChI=1S/C20H29N5O/c1-3-21-20(22-12-9-19-23-16(2)24-26-19)25-13-10-18(11-14-25)15-17-7-5-4-6-8-17/h4-8,18H,3,9-15H2,1-2H3,(H,21,22). The lowest BCUT2D eigenvalue weighted by Gasteiger charge is -2.34. The number of aromatic nitrogens is 2. The molecule has 26 heavy (non-hydrogen) atoms. The average Bonchev–Trinajstić information content (AvgIpc) is 3.08. The number of guanidine groups is 1. The van der Waals surface area contributed by atoms with Crippen molar-refractivity contribution in [1.29, 1.82) is 0 Å². The van der Waals surface area contributed by atoms with Gasteiger partial charge in [-0.3, -0.25) is 4.99 Å². The van der Waals surface area contributed by atoms with E-state index in [1.807, 2.05) is 6.92 Å². The summed E-state index contributed by atoms with van der Waals surface area (Å²) < 4.78 is 5.16. The van der Waals surface area contributed by atoms with Crippen LogP contribution in [0.5, 0.6) is 0 Å². The van der Waals surface area contributed by atoms with Gasteiger partial charge in [0.05, 0.1) is 6.54 Å². The number of piperidine rings is 1. The van der Waals surface area contributed by atoms with Crippen molar-refractivity contribution in [1.82, 2.24) is 20.4 Å². The molecule has 1 aliphatic rings. The molecule has 0 aliphatic carbocycles. The Morgan fingerprint density at radius 2 is 2.04 bits per heavy atom. The van der Waals surface area contributed by atoms with E-state index in [1.54, 1.807) is 0 Å². The van der Waals surface area contributed by atoms with E-state index >= 15 is 0 Å². The van der Waals surface area contributed by atoms with Crippen molar-refractivity contribution in [2.24, 2.45) is 10.9 Å². The number of hydrogen-bond donors (Lipinski definition) is 1. The first-order chi connectivity index (χ1) is 12.7. The SMILES string of the molecule is CCNC(=NCCc1nc(C)no1)N1CCC(Cc2ccccc2)CC1. The Hall–Kier alpha value is -2.37. The van der Waals surface area contributed by atoms with Gasteiger partial charge in [-0.1, -0.05) is 35.5 Å². The first kappa shape index (κ1) is 18.4. The monoisotopic (exact) mass is 355 g/mol. The zero-order valence-electron chi connectivity index (χ0n) is 15.8. The Morgan fingerprint density at radius 1 is 1.27 bits per heavy atom. The van der Waals surface area contributed by atoms with Gasteiger partial charge in [0.25, 0.3) is 0 Å². The highest BCUT2D eigenvalue weighted by molar-refractivity contribution is 5.80. The number of hydrogen-bond acceptors (Lipinski definition) is 4. The first-order valence-electron chi connectivity index (χ1n) is 9.61. The van der Waals surface area contributed by atoms with Crippen LogP contribution < -0.4 is 5.32 Å². The fourth-order valence-electron chi connectivity index (χ4n) is 3.42. The van der Waals surface area contributed by atoms with Crippen LogP contribution in [-0.4, -0.2) is 47.2 Å². The maximum atomic E-state index is 5.16. The molecule has 0 bridgehead atoms. The lowest BCUT2D eigenvalue weighted by molar-refractivity contribution is 0.259. The lowest BCUT2D eigenvalue weighted by atomic mass is 9.90. The number of rotatable bonds is 6. The van der Waals surface area contributed by atoms with Crippen LogP contribution in [0, 0.1) is 12.8 Å². The Balaban J connectivity index is 1.50. The molecule has 6 heteroatoms. The third-order valence-corrected chi connectivity index (χ3v) is 4.77. The highest BCUT2D eigenvalue weighted by Crippen LogP contribution is 2.21. The number of benzene rings is 1. The maximum Gasteiger partial charge on any atom is 0.228 e. The predicted molar refractivity (Wildman–Crippen MR) is 103 cm³/mol. The van der Waals surface area contributed by atoms with Gasteiger partial charge in [0.1, 0.15) is 0 Å². The fraction of sp³-hybridized carbons (Fsp3) is 0.550. The van der Waals surface area contributed by atoms with Gasteiger partial charge in [0, 0.05) is 26.1 Å². The van der Waals surface area contributed by atoms with E-state index in [4.69, 9.17) is 9.52 Å². The fourth-order valence-corrected chi connectivity index (χ4v) is 3.42. The molecule has 1 fully saturated rings. The molecule has 0 unspecified atom stereocenters. The predicted octanol–water partition coefficient (Wildman–Crippen LogP) is 2.84. The second-order valence-corrected chi connectivity index (χ2v) is 6.84. The van der Waals surface area contributed by atoms with Gasteiger partial charge < -0.3 is 14.7 Å². The summed E-state index contributed by atoms with van der Waals surface area (Å²) in [4.78, 5) is 11.4. The van der Waals surface area contributed by atoms with Crippen molar-refractivity contribution < 1.29 is 4.52 Å². The van der Waals surface area contributed by atoms with Gasteiger partial charge in [-0.25, -0.2) is 0 Å². The van der Waals surface area contributed by atoms with Crippen LogP contribution in [0.3, 0.4) is 0 Å². The normalized spacial score (nSPS) is 16.1. The summed E-state index contributed by atoms with van der Waals surface area (Å²) in [6.45, 7) is 7.60. The molecule has 0 amide bonds. The molecule has 0 saturated carbocycles. The third kappa shape index (κ3) is 5.31. The van der Waals surface area contributed by atoms with E-state index in [0.29, 0.717) is 24.7 Å². The summed E-state index contributed by atoms with van der Waals surface area (Å²) in [6, 6.07) is 10.8. The molecule has 140 valence electrons. The minimum Gasteiger partial charge on any atom is -0.357 e. The van der Waals surface area contributed by atoms with Crippen LogP contribution in [0.4, 0.5) is 0 Å². The molecule has 0 atom stereocenters. The van der Waals surface area contributed by atoms with E-state index in [9.17, 15) is 0 Å². The molecule has 0 radical (unpaired) electrons. The van der Waals surface area contributed by atoms with Crippen molar-refractivity contribution in [3.8, 4) is 0 Å². The minimum absolute atomic E-state index is 0.656. The summed E-state index contributed by atoms with van der Waals surface area (Å²) in [5, 5.41) is 7.24. The number of aliphatic imine (C=N–C) groups is 1. The van der Waals surface area contributed by atoms with Gasteiger partial charge in [-0.2, -0.15) is 4.98 Å². The molecular weight excluding hydrogens is 326 g/mol. The second kappa shape index (κ2) is 9.36. The highest BCUT2D eigenvalue weighted by atomic mass is 16.5. The van der Waals surface area contributed by atoms with Crippen LogP contribution >= 0.6 is 0 Å². The molecule has 1 N–H and O–H groups in total. The van der Waals surface area contributed by atoms with Crippen LogP contribution in [0.2, 0.25) is 0 Å². The molecule has 6 nitrogen and oxygen atoms in total. The molecule has 1 aliphatic heterocycles. The van der Waals surface area contributed by atoms with Gasteiger partial charge in [-0.05, 0) is 44.6 Å². The van der Waals surface area contributed by atoms with Crippen molar-refractivity contribution in [2.45, 2.75) is 39.5 Å². The molecule has 1 aromatic heterocycles. The van der Waals surface area contributed by atoms with Gasteiger partial charge >= 0.3 is 0 Å². The van der Waals surface area contributed by atoms with Crippen LogP contribution in [0.1, 0.15) is 37.0 Å². The molecule has 1 saturated heterocycles.